The minimum atomic E-state index is 0.263. The molecule has 7 nitrogen and oxygen atoms in total. The first-order chi connectivity index (χ1) is 13.7. The lowest BCUT2D eigenvalue weighted by molar-refractivity contribution is 0.0516. The van der Waals surface area contributed by atoms with Crippen LogP contribution in [0.2, 0.25) is 0 Å². The summed E-state index contributed by atoms with van der Waals surface area (Å²) in [5.74, 6) is 2.08. The summed E-state index contributed by atoms with van der Waals surface area (Å²) in [4.78, 5) is 7.51. The molecule has 1 aromatic rings. The van der Waals surface area contributed by atoms with Crippen LogP contribution in [0.1, 0.15) is 18.4 Å². The van der Waals surface area contributed by atoms with Crippen LogP contribution in [0, 0.1) is 0 Å². The van der Waals surface area contributed by atoms with Crippen LogP contribution >= 0.6 is 0 Å². The van der Waals surface area contributed by atoms with Crippen LogP contribution in [-0.2, 0) is 6.54 Å². The predicted octanol–water partition coefficient (Wildman–Crippen LogP) is 1.29. The van der Waals surface area contributed by atoms with E-state index in [0.29, 0.717) is 23.3 Å². The molecule has 0 aromatic heterocycles. The van der Waals surface area contributed by atoms with E-state index in [2.05, 4.69) is 14.7 Å². The number of aliphatic hydroxyl groups excluding tert-OH is 1. The molecule has 2 fully saturated rings. The number of rotatable bonds is 8. The van der Waals surface area contributed by atoms with Crippen LogP contribution in [0.3, 0.4) is 0 Å². The molecular weight excluding hydrogens is 358 g/mol. The monoisotopic (exact) mass is 393 g/mol. The highest BCUT2D eigenvalue weighted by Gasteiger charge is 2.27. The van der Waals surface area contributed by atoms with E-state index < -0.39 is 0 Å². The quantitative estimate of drug-likeness (QED) is 0.714. The topological polar surface area (TPSA) is 57.6 Å². The third kappa shape index (κ3) is 5.08. The van der Waals surface area contributed by atoms with Crippen LogP contribution in [0.4, 0.5) is 0 Å². The van der Waals surface area contributed by atoms with Crippen molar-refractivity contribution in [2.24, 2.45) is 0 Å². The molecule has 0 saturated carbocycles. The van der Waals surface area contributed by atoms with Crippen molar-refractivity contribution < 1.29 is 19.3 Å². The second-order valence-corrected chi connectivity index (χ2v) is 7.64. The first-order valence-corrected chi connectivity index (χ1v) is 10.3. The van der Waals surface area contributed by atoms with Crippen LogP contribution < -0.4 is 14.2 Å². The van der Waals surface area contributed by atoms with E-state index in [-0.39, 0.29) is 6.61 Å². The van der Waals surface area contributed by atoms with Gasteiger partial charge in [0.15, 0.2) is 11.5 Å². The SMILES string of the molecule is COc1cc(CN2CCC(N3CCN(CCO)CC3)CC2)cc(OC)c1OC. The molecule has 2 aliphatic rings. The van der Waals surface area contributed by atoms with Gasteiger partial charge in [-0.15, -0.1) is 0 Å². The average molecular weight is 394 g/mol. The lowest BCUT2D eigenvalue weighted by atomic mass is 10.0. The van der Waals surface area contributed by atoms with Crippen LogP contribution in [0.15, 0.2) is 12.1 Å². The van der Waals surface area contributed by atoms with Crippen molar-refractivity contribution in [1.29, 1.82) is 0 Å². The summed E-state index contributed by atoms with van der Waals surface area (Å²) in [5, 5.41) is 9.10. The number of likely N-dealkylation sites (tertiary alicyclic amines) is 1. The summed E-state index contributed by atoms with van der Waals surface area (Å²) in [6.07, 6.45) is 2.43. The van der Waals surface area contributed by atoms with Crippen LogP contribution in [0.25, 0.3) is 0 Å². The molecule has 0 spiro atoms. The zero-order valence-electron chi connectivity index (χ0n) is 17.5. The average Bonchev–Trinajstić information content (AvgIpc) is 2.74. The Kier molecular flexibility index (Phi) is 7.79. The van der Waals surface area contributed by atoms with Crippen molar-refractivity contribution in [3.05, 3.63) is 17.7 Å². The van der Waals surface area contributed by atoms with E-state index in [4.69, 9.17) is 19.3 Å². The third-order valence-corrected chi connectivity index (χ3v) is 6.03. The normalized spacial score (nSPS) is 20.3. The molecule has 0 bridgehead atoms. The molecule has 0 radical (unpaired) electrons. The minimum Gasteiger partial charge on any atom is -0.493 e. The highest BCUT2D eigenvalue weighted by atomic mass is 16.5. The van der Waals surface area contributed by atoms with Crippen molar-refractivity contribution in [2.75, 3.05) is 73.7 Å². The Hall–Kier alpha value is -1.54. The maximum absolute atomic E-state index is 9.10. The number of aliphatic hydroxyl groups is 1. The Morgan fingerprint density at radius 3 is 1.96 bits per heavy atom. The summed E-state index contributed by atoms with van der Waals surface area (Å²) in [7, 11) is 4.95. The number of β-amino-alcohol motifs (C(OH)–C–C–N with tert-alkyl or cyclic N) is 1. The Balaban J connectivity index is 1.52. The predicted molar refractivity (Wildman–Crippen MR) is 109 cm³/mol. The van der Waals surface area contributed by atoms with Crippen molar-refractivity contribution >= 4 is 0 Å². The second kappa shape index (κ2) is 10.3. The van der Waals surface area contributed by atoms with E-state index in [1.165, 1.54) is 18.4 Å². The molecular formula is C21H35N3O4. The number of hydrogen-bond donors (Lipinski definition) is 1. The lowest BCUT2D eigenvalue weighted by Crippen LogP contribution is -2.53. The molecule has 0 amide bonds. The maximum atomic E-state index is 9.10. The number of hydrogen-bond acceptors (Lipinski definition) is 7. The van der Waals surface area contributed by atoms with Gasteiger partial charge in [0, 0.05) is 45.3 Å². The number of piperidine rings is 1. The Morgan fingerprint density at radius 1 is 0.857 bits per heavy atom. The molecule has 2 aliphatic heterocycles. The van der Waals surface area contributed by atoms with E-state index in [9.17, 15) is 0 Å². The van der Waals surface area contributed by atoms with Crippen molar-refractivity contribution in [3.8, 4) is 17.2 Å². The van der Waals surface area contributed by atoms with Gasteiger partial charge < -0.3 is 19.3 Å². The number of ether oxygens (including phenoxy) is 3. The number of methoxy groups -OCH3 is 3. The van der Waals surface area contributed by atoms with E-state index in [1.807, 2.05) is 12.1 Å². The van der Waals surface area contributed by atoms with Crippen LogP contribution in [-0.4, -0.2) is 99.6 Å². The van der Waals surface area contributed by atoms with Gasteiger partial charge in [0.2, 0.25) is 5.75 Å². The highest BCUT2D eigenvalue weighted by Crippen LogP contribution is 2.38. The summed E-state index contributed by atoms with van der Waals surface area (Å²) < 4.78 is 16.4. The summed E-state index contributed by atoms with van der Waals surface area (Å²) >= 11 is 0. The molecule has 3 rings (SSSR count). The van der Waals surface area contributed by atoms with E-state index >= 15 is 0 Å². The van der Waals surface area contributed by atoms with Gasteiger partial charge in [-0.1, -0.05) is 0 Å². The first kappa shape index (κ1) is 21.2. The van der Waals surface area contributed by atoms with Gasteiger partial charge in [-0.2, -0.15) is 0 Å². The van der Waals surface area contributed by atoms with Gasteiger partial charge in [0.25, 0.3) is 0 Å². The molecule has 0 unspecified atom stereocenters. The molecule has 1 aromatic carbocycles. The van der Waals surface area contributed by atoms with Crippen molar-refractivity contribution in [3.63, 3.8) is 0 Å². The molecule has 1 N–H and O–H groups in total. The fraction of sp³-hybridized carbons (Fsp3) is 0.714. The van der Waals surface area contributed by atoms with Crippen molar-refractivity contribution in [1.82, 2.24) is 14.7 Å². The zero-order valence-corrected chi connectivity index (χ0v) is 17.5. The fourth-order valence-corrected chi connectivity index (χ4v) is 4.42. The Bertz CT molecular complexity index is 587. The second-order valence-electron chi connectivity index (χ2n) is 7.64. The van der Waals surface area contributed by atoms with Gasteiger partial charge >= 0.3 is 0 Å². The highest BCUT2D eigenvalue weighted by molar-refractivity contribution is 5.53. The van der Waals surface area contributed by atoms with Gasteiger partial charge in [0.1, 0.15) is 0 Å². The molecule has 0 atom stereocenters. The van der Waals surface area contributed by atoms with E-state index in [1.54, 1.807) is 21.3 Å². The zero-order chi connectivity index (χ0) is 19.9. The smallest absolute Gasteiger partial charge is 0.203 e. The van der Waals surface area contributed by atoms with Gasteiger partial charge in [-0.3, -0.25) is 14.7 Å². The molecule has 158 valence electrons. The maximum Gasteiger partial charge on any atom is 0.203 e. The number of benzene rings is 1. The molecule has 0 aliphatic carbocycles. The molecule has 2 saturated heterocycles. The minimum absolute atomic E-state index is 0.263. The summed E-state index contributed by atoms with van der Waals surface area (Å²) in [5.41, 5.74) is 1.19. The standard InChI is InChI=1S/C21H35N3O4/c1-26-19-14-17(15-20(27-2)21(19)28-3)16-23-6-4-18(5-7-23)24-10-8-22(9-11-24)12-13-25/h14-15,18,25H,4-13,16H2,1-3H3. The van der Waals surface area contributed by atoms with E-state index in [0.717, 1.165) is 52.4 Å². The van der Waals surface area contributed by atoms with Crippen molar-refractivity contribution in [2.45, 2.75) is 25.4 Å². The summed E-state index contributed by atoms with van der Waals surface area (Å²) in [6, 6.07) is 4.79. The molecule has 28 heavy (non-hydrogen) atoms. The molecule has 7 heteroatoms. The third-order valence-electron chi connectivity index (χ3n) is 6.03. The Morgan fingerprint density at radius 2 is 1.46 bits per heavy atom. The van der Waals surface area contributed by atoms with Gasteiger partial charge in [0.05, 0.1) is 27.9 Å². The molecule has 2 heterocycles. The fourth-order valence-electron chi connectivity index (χ4n) is 4.42. The number of nitrogens with zero attached hydrogens (tertiary/aromatic N) is 3. The summed E-state index contributed by atoms with van der Waals surface area (Å²) in [6.45, 7) is 8.58. The first-order valence-electron chi connectivity index (χ1n) is 10.3. The Labute approximate surface area is 168 Å². The van der Waals surface area contributed by atoms with Gasteiger partial charge in [-0.05, 0) is 43.6 Å². The largest absolute Gasteiger partial charge is 0.493 e. The lowest BCUT2D eigenvalue weighted by Gasteiger charge is -2.42. The number of piperazine rings is 1. The van der Waals surface area contributed by atoms with Crippen LogP contribution in [0.5, 0.6) is 17.2 Å². The van der Waals surface area contributed by atoms with Gasteiger partial charge in [-0.25, -0.2) is 0 Å².